The van der Waals surface area contributed by atoms with E-state index in [-0.39, 0.29) is 11.8 Å². The molecule has 0 aliphatic heterocycles. The molecule has 0 atom stereocenters. The molecule has 0 radical (unpaired) electrons. The SMILES string of the molecule is CC(C)(C)OC(=O)NCCc1cncn1CCNC(=O)C1CC1. The van der Waals surface area contributed by atoms with Gasteiger partial charge in [0.2, 0.25) is 5.91 Å². The van der Waals surface area contributed by atoms with Crippen LogP contribution in [-0.4, -0.2) is 40.2 Å². The van der Waals surface area contributed by atoms with Crippen LogP contribution in [0.4, 0.5) is 4.79 Å². The number of carbonyl (C=O) groups is 2. The number of nitrogens with one attached hydrogen (secondary N) is 2. The first-order valence-electron chi connectivity index (χ1n) is 8.09. The summed E-state index contributed by atoms with van der Waals surface area (Å²) in [5, 5.41) is 5.66. The molecule has 1 heterocycles. The Hall–Kier alpha value is -2.05. The second-order valence-corrected chi connectivity index (χ2v) is 6.82. The molecule has 0 saturated heterocycles. The highest BCUT2D eigenvalue weighted by atomic mass is 16.6. The lowest BCUT2D eigenvalue weighted by molar-refractivity contribution is -0.122. The smallest absolute Gasteiger partial charge is 0.407 e. The van der Waals surface area contributed by atoms with Crippen molar-refractivity contribution in [2.75, 3.05) is 13.1 Å². The molecule has 0 bridgehead atoms. The van der Waals surface area contributed by atoms with Gasteiger partial charge in [0.15, 0.2) is 0 Å². The molecule has 2 N–H and O–H groups in total. The average molecular weight is 322 g/mol. The lowest BCUT2D eigenvalue weighted by atomic mass is 10.2. The van der Waals surface area contributed by atoms with Crippen LogP contribution in [0.5, 0.6) is 0 Å². The lowest BCUT2D eigenvalue weighted by Crippen LogP contribution is -2.34. The third-order valence-electron chi connectivity index (χ3n) is 3.45. The normalized spacial score (nSPS) is 14.4. The molecule has 0 unspecified atom stereocenters. The van der Waals surface area contributed by atoms with Crippen LogP contribution in [0.3, 0.4) is 0 Å². The third-order valence-corrected chi connectivity index (χ3v) is 3.45. The van der Waals surface area contributed by atoms with Gasteiger partial charge in [-0.25, -0.2) is 9.78 Å². The van der Waals surface area contributed by atoms with Gasteiger partial charge < -0.3 is 19.9 Å². The van der Waals surface area contributed by atoms with Gasteiger partial charge in [-0.1, -0.05) is 0 Å². The molecule has 1 saturated carbocycles. The number of aromatic nitrogens is 2. The maximum Gasteiger partial charge on any atom is 0.407 e. The summed E-state index contributed by atoms with van der Waals surface area (Å²) in [6.45, 7) is 7.25. The van der Waals surface area contributed by atoms with Crippen molar-refractivity contribution in [2.45, 2.75) is 52.2 Å². The predicted molar refractivity (Wildman–Crippen MR) is 85.9 cm³/mol. The molecule has 7 heteroatoms. The predicted octanol–water partition coefficient (Wildman–Crippen LogP) is 1.48. The van der Waals surface area contributed by atoms with E-state index in [4.69, 9.17) is 4.74 Å². The minimum absolute atomic E-state index is 0.151. The Morgan fingerprint density at radius 3 is 2.70 bits per heavy atom. The van der Waals surface area contributed by atoms with Crippen molar-refractivity contribution in [1.29, 1.82) is 0 Å². The Morgan fingerprint density at radius 1 is 1.30 bits per heavy atom. The maximum atomic E-state index is 11.6. The molecule has 1 aliphatic rings. The van der Waals surface area contributed by atoms with Crippen LogP contribution >= 0.6 is 0 Å². The minimum Gasteiger partial charge on any atom is -0.444 e. The topological polar surface area (TPSA) is 85.2 Å². The fourth-order valence-corrected chi connectivity index (χ4v) is 2.15. The van der Waals surface area contributed by atoms with Gasteiger partial charge in [0.05, 0.1) is 6.33 Å². The average Bonchev–Trinajstić information content (AvgIpc) is 3.19. The molecule has 2 amide bonds. The number of imidazole rings is 1. The van der Waals surface area contributed by atoms with Gasteiger partial charge in [-0.2, -0.15) is 0 Å². The van der Waals surface area contributed by atoms with Crippen molar-refractivity contribution >= 4 is 12.0 Å². The number of alkyl carbamates (subject to hydrolysis) is 1. The lowest BCUT2D eigenvalue weighted by Gasteiger charge is -2.19. The highest BCUT2D eigenvalue weighted by Crippen LogP contribution is 2.28. The van der Waals surface area contributed by atoms with Gasteiger partial charge in [-0.3, -0.25) is 4.79 Å². The molecule has 0 aromatic carbocycles. The van der Waals surface area contributed by atoms with Crippen LogP contribution in [0, 0.1) is 5.92 Å². The van der Waals surface area contributed by atoms with Crippen molar-refractivity contribution in [3.05, 3.63) is 18.2 Å². The number of hydrogen-bond donors (Lipinski definition) is 2. The quantitative estimate of drug-likeness (QED) is 0.796. The number of hydrogen-bond acceptors (Lipinski definition) is 4. The van der Waals surface area contributed by atoms with Crippen molar-refractivity contribution < 1.29 is 14.3 Å². The van der Waals surface area contributed by atoms with Crippen LogP contribution in [0.2, 0.25) is 0 Å². The molecular weight excluding hydrogens is 296 g/mol. The summed E-state index contributed by atoms with van der Waals surface area (Å²) >= 11 is 0. The molecular formula is C16H26N4O3. The first kappa shape index (κ1) is 17.3. The van der Waals surface area contributed by atoms with Crippen molar-refractivity contribution in [3.8, 4) is 0 Å². The van der Waals surface area contributed by atoms with E-state index in [1.807, 2.05) is 25.3 Å². The van der Waals surface area contributed by atoms with E-state index >= 15 is 0 Å². The van der Waals surface area contributed by atoms with Crippen LogP contribution in [-0.2, 0) is 22.5 Å². The largest absolute Gasteiger partial charge is 0.444 e. The number of nitrogens with zero attached hydrogens (tertiary/aromatic N) is 2. The summed E-state index contributed by atoms with van der Waals surface area (Å²) in [5.74, 6) is 0.383. The summed E-state index contributed by atoms with van der Waals surface area (Å²) in [6.07, 6.45) is 5.79. The molecule has 23 heavy (non-hydrogen) atoms. The summed E-state index contributed by atoms with van der Waals surface area (Å²) in [6, 6.07) is 0. The fraction of sp³-hybridized carbons (Fsp3) is 0.688. The summed E-state index contributed by atoms with van der Waals surface area (Å²) in [7, 11) is 0. The number of amides is 2. The molecule has 1 aromatic rings. The van der Waals surface area contributed by atoms with Crippen molar-refractivity contribution in [3.63, 3.8) is 0 Å². The minimum atomic E-state index is -0.494. The Kier molecular flexibility index (Phi) is 5.63. The summed E-state index contributed by atoms with van der Waals surface area (Å²) < 4.78 is 7.18. The Labute approximate surface area is 136 Å². The number of ether oxygens (including phenoxy) is 1. The second kappa shape index (κ2) is 7.48. The van der Waals surface area contributed by atoms with Crippen molar-refractivity contribution in [2.24, 2.45) is 5.92 Å². The standard InChI is InChI=1S/C16H26N4O3/c1-16(2,3)23-15(22)19-7-6-13-10-17-11-20(13)9-8-18-14(21)12-4-5-12/h10-12H,4-9H2,1-3H3,(H,18,21)(H,19,22). The van der Waals surface area contributed by atoms with E-state index in [1.54, 1.807) is 12.5 Å². The monoisotopic (exact) mass is 322 g/mol. The van der Waals surface area contributed by atoms with Crippen LogP contribution in [0.15, 0.2) is 12.5 Å². The Balaban J connectivity index is 1.68. The van der Waals surface area contributed by atoms with Crippen LogP contribution in [0.25, 0.3) is 0 Å². The van der Waals surface area contributed by atoms with E-state index in [1.165, 1.54) is 0 Å². The van der Waals surface area contributed by atoms with Gasteiger partial charge >= 0.3 is 6.09 Å². The molecule has 2 rings (SSSR count). The van der Waals surface area contributed by atoms with Gasteiger partial charge in [0, 0.05) is 43.9 Å². The van der Waals surface area contributed by atoms with E-state index in [0.717, 1.165) is 18.5 Å². The zero-order valence-electron chi connectivity index (χ0n) is 14.1. The van der Waals surface area contributed by atoms with Crippen molar-refractivity contribution in [1.82, 2.24) is 20.2 Å². The van der Waals surface area contributed by atoms with Gasteiger partial charge in [-0.15, -0.1) is 0 Å². The van der Waals surface area contributed by atoms with Crippen LogP contribution < -0.4 is 10.6 Å². The zero-order chi connectivity index (χ0) is 16.9. The molecule has 0 spiro atoms. The zero-order valence-corrected chi connectivity index (χ0v) is 14.1. The van der Waals surface area contributed by atoms with Gasteiger partial charge in [0.1, 0.15) is 5.60 Å². The second-order valence-electron chi connectivity index (χ2n) is 6.82. The van der Waals surface area contributed by atoms with E-state index in [0.29, 0.717) is 26.1 Å². The maximum absolute atomic E-state index is 11.6. The molecule has 1 fully saturated rings. The Bertz CT molecular complexity index is 544. The number of carbonyl (C=O) groups excluding carboxylic acids is 2. The third kappa shape index (κ3) is 6.30. The molecule has 7 nitrogen and oxygen atoms in total. The summed E-state index contributed by atoms with van der Waals surface area (Å²) in [4.78, 5) is 27.3. The molecule has 128 valence electrons. The first-order chi connectivity index (χ1) is 10.8. The fourth-order valence-electron chi connectivity index (χ4n) is 2.15. The summed E-state index contributed by atoms with van der Waals surface area (Å²) in [5.41, 5.74) is 0.521. The van der Waals surface area contributed by atoms with E-state index < -0.39 is 11.7 Å². The van der Waals surface area contributed by atoms with Gasteiger partial charge in [-0.05, 0) is 33.6 Å². The molecule has 1 aromatic heterocycles. The Morgan fingerprint density at radius 2 is 2.04 bits per heavy atom. The van der Waals surface area contributed by atoms with E-state index in [2.05, 4.69) is 15.6 Å². The van der Waals surface area contributed by atoms with Crippen LogP contribution in [0.1, 0.15) is 39.3 Å². The highest BCUT2D eigenvalue weighted by Gasteiger charge is 2.29. The van der Waals surface area contributed by atoms with Gasteiger partial charge in [0.25, 0.3) is 0 Å². The highest BCUT2D eigenvalue weighted by molar-refractivity contribution is 5.80. The molecule has 1 aliphatic carbocycles. The van der Waals surface area contributed by atoms with E-state index in [9.17, 15) is 9.59 Å². The first-order valence-corrected chi connectivity index (χ1v) is 8.09. The number of rotatable bonds is 7.